The highest BCUT2D eigenvalue weighted by Gasteiger charge is 2.26. The van der Waals surface area contributed by atoms with Gasteiger partial charge in [0, 0.05) is 6.54 Å². The number of nitrogens with zero attached hydrogens (tertiary/aromatic N) is 2. The molecule has 1 N–H and O–H groups in total. The second-order valence-corrected chi connectivity index (χ2v) is 7.00. The van der Waals surface area contributed by atoms with E-state index in [9.17, 15) is 9.59 Å². The Labute approximate surface area is 172 Å². The molecule has 0 radical (unpaired) electrons. The monoisotopic (exact) mass is 395 g/mol. The van der Waals surface area contributed by atoms with Crippen molar-refractivity contribution < 1.29 is 14.3 Å². The first-order chi connectivity index (χ1) is 14.1. The number of ether oxygens (including phenoxy) is 1. The summed E-state index contributed by atoms with van der Waals surface area (Å²) in [5, 5.41) is 3.03. The lowest BCUT2D eigenvalue weighted by Crippen LogP contribution is -2.44. The summed E-state index contributed by atoms with van der Waals surface area (Å²) in [5.41, 5.74) is 1.81. The third-order valence-corrected chi connectivity index (χ3v) is 5.26. The molecule has 1 aliphatic heterocycles. The van der Waals surface area contributed by atoms with Crippen LogP contribution in [-0.4, -0.2) is 49.5 Å². The highest BCUT2D eigenvalue weighted by Crippen LogP contribution is 2.30. The number of nitrogens with one attached hydrogen (secondary N) is 1. The molecular formula is C23H29N3O3. The van der Waals surface area contributed by atoms with Gasteiger partial charge >= 0.3 is 0 Å². The van der Waals surface area contributed by atoms with Crippen molar-refractivity contribution >= 4 is 17.5 Å². The van der Waals surface area contributed by atoms with Crippen molar-refractivity contribution in [2.24, 2.45) is 0 Å². The minimum Gasteiger partial charge on any atom is -0.491 e. The molecule has 0 aliphatic carbocycles. The van der Waals surface area contributed by atoms with Gasteiger partial charge in [0.1, 0.15) is 12.3 Å². The highest BCUT2D eigenvalue weighted by atomic mass is 16.5. The topological polar surface area (TPSA) is 61.9 Å². The van der Waals surface area contributed by atoms with Crippen molar-refractivity contribution in [2.45, 2.75) is 26.3 Å². The molecule has 2 amide bonds. The zero-order valence-electron chi connectivity index (χ0n) is 17.1. The lowest BCUT2D eigenvalue weighted by atomic mass is 10.1. The first-order valence-corrected chi connectivity index (χ1v) is 10.2. The van der Waals surface area contributed by atoms with Gasteiger partial charge in [-0.3, -0.25) is 19.4 Å². The number of rotatable bonds is 8. The summed E-state index contributed by atoms with van der Waals surface area (Å²) in [7, 11) is 0. The minimum atomic E-state index is -0.178. The van der Waals surface area contributed by atoms with E-state index in [1.165, 1.54) is 10.5 Å². The Morgan fingerprint density at radius 2 is 1.79 bits per heavy atom. The molecule has 0 aromatic heterocycles. The SMILES string of the molecule is CCN(CC)[C@@H](CNC(=O)CN1C(=O)CCOc2ccccc21)c1ccccc1. The lowest BCUT2D eigenvalue weighted by molar-refractivity contribution is -0.124. The zero-order chi connectivity index (χ0) is 20.6. The second-order valence-electron chi connectivity index (χ2n) is 7.00. The van der Waals surface area contributed by atoms with Gasteiger partial charge in [-0.1, -0.05) is 56.3 Å². The maximum Gasteiger partial charge on any atom is 0.240 e. The molecule has 0 saturated heterocycles. The number of benzene rings is 2. The van der Waals surface area contributed by atoms with E-state index in [4.69, 9.17) is 4.74 Å². The third-order valence-electron chi connectivity index (χ3n) is 5.26. The van der Waals surface area contributed by atoms with Gasteiger partial charge in [-0.15, -0.1) is 0 Å². The summed E-state index contributed by atoms with van der Waals surface area (Å²) < 4.78 is 5.65. The molecule has 6 heteroatoms. The fraction of sp³-hybridized carbons (Fsp3) is 0.391. The summed E-state index contributed by atoms with van der Waals surface area (Å²) in [6.45, 7) is 6.82. The average molecular weight is 396 g/mol. The van der Waals surface area contributed by atoms with Crippen molar-refractivity contribution in [1.29, 1.82) is 0 Å². The van der Waals surface area contributed by atoms with Crippen molar-refractivity contribution in [1.82, 2.24) is 10.2 Å². The summed E-state index contributed by atoms with van der Waals surface area (Å²) in [4.78, 5) is 29.1. The molecule has 0 fully saturated rings. The molecule has 1 atom stereocenters. The van der Waals surface area contributed by atoms with Gasteiger partial charge in [0.15, 0.2) is 0 Å². The number of anilines is 1. The van der Waals surface area contributed by atoms with Crippen LogP contribution in [0.15, 0.2) is 54.6 Å². The molecule has 29 heavy (non-hydrogen) atoms. The molecule has 0 spiro atoms. The first-order valence-electron chi connectivity index (χ1n) is 10.2. The van der Waals surface area contributed by atoms with E-state index in [-0.39, 0.29) is 30.8 Å². The quantitative estimate of drug-likeness (QED) is 0.746. The van der Waals surface area contributed by atoms with E-state index in [1.54, 1.807) is 0 Å². The van der Waals surface area contributed by atoms with Gasteiger partial charge < -0.3 is 10.1 Å². The molecule has 0 saturated carbocycles. The van der Waals surface area contributed by atoms with E-state index in [2.05, 4.69) is 36.2 Å². The largest absolute Gasteiger partial charge is 0.491 e. The Hall–Kier alpha value is -2.86. The number of hydrogen-bond acceptors (Lipinski definition) is 4. The maximum atomic E-state index is 12.7. The van der Waals surface area contributed by atoms with E-state index >= 15 is 0 Å². The number of likely N-dealkylation sites (N-methyl/N-ethyl adjacent to an activating group) is 1. The fourth-order valence-electron chi connectivity index (χ4n) is 3.70. The molecule has 1 aliphatic rings. The molecule has 1 heterocycles. The summed E-state index contributed by atoms with van der Waals surface area (Å²) in [5.74, 6) is 0.355. The van der Waals surface area contributed by atoms with Crippen LogP contribution in [0.3, 0.4) is 0 Å². The standard InChI is InChI=1S/C23H29N3O3/c1-3-25(4-2)20(18-10-6-5-7-11-18)16-24-22(27)17-26-19-12-8-9-13-21(19)29-15-14-23(26)28/h5-13,20H,3-4,14-17H2,1-2H3,(H,24,27)/t20-/m0/s1. The van der Waals surface area contributed by atoms with Crippen molar-refractivity contribution in [2.75, 3.05) is 37.7 Å². The van der Waals surface area contributed by atoms with Crippen LogP contribution in [0, 0.1) is 0 Å². The zero-order valence-corrected chi connectivity index (χ0v) is 17.1. The normalized spacial score (nSPS) is 14.7. The van der Waals surface area contributed by atoms with Gasteiger partial charge in [0.2, 0.25) is 11.8 Å². The Bertz CT molecular complexity index is 821. The van der Waals surface area contributed by atoms with Crippen molar-refractivity contribution in [3.8, 4) is 5.75 Å². The third kappa shape index (κ3) is 5.15. The minimum absolute atomic E-state index is 0.0149. The number of hydrogen-bond donors (Lipinski definition) is 1. The summed E-state index contributed by atoms with van der Waals surface area (Å²) in [6, 6.07) is 17.6. The Morgan fingerprint density at radius 1 is 1.10 bits per heavy atom. The molecule has 0 bridgehead atoms. The lowest BCUT2D eigenvalue weighted by Gasteiger charge is -2.30. The van der Waals surface area contributed by atoms with Crippen molar-refractivity contribution in [3.63, 3.8) is 0 Å². The predicted octanol–water partition coefficient (Wildman–Crippen LogP) is 3.00. The smallest absolute Gasteiger partial charge is 0.240 e. The van der Waals surface area contributed by atoms with Gasteiger partial charge in [-0.25, -0.2) is 0 Å². The van der Waals surface area contributed by atoms with Gasteiger partial charge in [-0.2, -0.15) is 0 Å². The van der Waals surface area contributed by atoms with Crippen LogP contribution in [0.25, 0.3) is 0 Å². The van der Waals surface area contributed by atoms with E-state index in [1.807, 2.05) is 42.5 Å². The van der Waals surface area contributed by atoms with Crippen molar-refractivity contribution in [3.05, 3.63) is 60.2 Å². The predicted molar refractivity (Wildman–Crippen MR) is 114 cm³/mol. The average Bonchev–Trinajstić information content (AvgIpc) is 2.90. The van der Waals surface area contributed by atoms with Crippen LogP contribution >= 0.6 is 0 Å². The summed E-state index contributed by atoms with van der Waals surface area (Å²) >= 11 is 0. The van der Waals surface area contributed by atoms with Gasteiger partial charge in [-0.05, 0) is 30.8 Å². The molecule has 0 unspecified atom stereocenters. The second kappa shape index (κ2) is 10.1. The molecule has 2 aromatic rings. The Balaban J connectivity index is 1.70. The number of amides is 2. The summed E-state index contributed by atoms with van der Waals surface area (Å²) in [6.07, 6.45) is 0.258. The van der Waals surface area contributed by atoms with E-state index in [0.29, 0.717) is 24.6 Å². The van der Waals surface area contributed by atoms with E-state index < -0.39 is 0 Å². The van der Waals surface area contributed by atoms with Crippen LogP contribution in [0.2, 0.25) is 0 Å². The van der Waals surface area contributed by atoms with E-state index in [0.717, 1.165) is 13.1 Å². The van der Waals surface area contributed by atoms with Gasteiger partial charge in [0.25, 0.3) is 0 Å². The molecule has 154 valence electrons. The van der Waals surface area contributed by atoms with Crippen LogP contribution in [0.4, 0.5) is 5.69 Å². The number of carbonyl (C=O) groups is 2. The van der Waals surface area contributed by atoms with Crippen LogP contribution < -0.4 is 15.0 Å². The molecular weight excluding hydrogens is 366 g/mol. The fourth-order valence-corrected chi connectivity index (χ4v) is 3.70. The van der Waals surface area contributed by atoms with Crippen LogP contribution in [-0.2, 0) is 9.59 Å². The molecule has 2 aromatic carbocycles. The number of fused-ring (bicyclic) bond motifs is 1. The highest BCUT2D eigenvalue weighted by molar-refractivity contribution is 6.00. The van der Waals surface area contributed by atoms with Crippen LogP contribution in [0.1, 0.15) is 31.9 Å². The Morgan fingerprint density at radius 3 is 2.52 bits per heavy atom. The number of carbonyl (C=O) groups excluding carboxylic acids is 2. The molecule has 6 nitrogen and oxygen atoms in total. The number of para-hydroxylation sites is 2. The van der Waals surface area contributed by atoms with Gasteiger partial charge in [0.05, 0.1) is 24.8 Å². The molecule has 3 rings (SSSR count). The van der Waals surface area contributed by atoms with Crippen LogP contribution in [0.5, 0.6) is 5.75 Å². The maximum absolute atomic E-state index is 12.7. The Kier molecular flexibility index (Phi) is 7.25. The first kappa shape index (κ1) is 20.9.